The maximum atomic E-state index is 12.6. The van der Waals surface area contributed by atoms with Crippen LogP contribution in [0, 0.1) is 5.92 Å². The number of aryl methyl sites for hydroxylation is 1. The van der Waals surface area contributed by atoms with Crippen LogP contribution in [0.3, 0.4) is 0 Å². The van der Waals surface area contributed by atoms with Gasteiger partial charge in [0, 0.05) is 41.5 Å². The number of nitrogens with one attached hydrogen (secondary N) is 2. The Balaban J connectivity index is 1.82. The zero-order valence-corrected chi connectivity index (χ0v) is 16.9. The van der Waals surface area contributed by atoms with Crippen molar-refractivity contribution in [3.63, 3.8) is 0 Å². The number of aromatic nitrogens is 2. The third-order valence-corrected chi connectivity index (χ3v) is 5.45. The highest BCUT2D eigenvalue weighted by Crippen LogP contribution is 2.45. The van der Waals surface area contributed by atoms with E-state index < -0.39 is 6.10 Å². The number of fused-ring (bicyclic) bond motifs is 2. The Bertz CT molecular complexity index is 1330. The van der Waals surface area contributed by atoms with E-state index in [1.807, 2.05) is 44.2 Å². The Kier molecular flexibility index (Phi) is 4.06. The van der Waals surface area contributed by atoms with E-state index >= 15 is 0 Å². The van der Waals surface area contributed by atoms with Crippen molar-refractivity contribution in [2.24, 2.45) is 13.0 Å². The topological polar surface area (TPSA) is 89.3 Å². The first kappa shape index (κ1) is 18.3. The van der Waals surface area contributed by atoms with Gasteiger partial charge in [0.25, 0.3) is 11.5 Å². The molecule has 3 aromatic heterocycles. The smallest absolute Gasteiger partial charge is 0.274 e. The van der Waals surface area contributed by atoms with Gasteiger partial charge in [-0.1, -0.05) is 13.8 Å². The molecule has 1 atom stereocenters. The summed E-state index contributed by atoms with van der Waals surface area (Å²) in [7, 11) is 1.72. The number of furan rings is 1. The molecule has 0 spiro atoms. The molecule has 0 bridgehead atoms. The maximum absolute atomic E-state index is 12.6. The Hall–Kier alpha value is -3.74. The third kappa shape index (κ3) is 2.74. The van der Waals surface area contributed by atoms with Crippen molar-refractivity contribution in [2.45, 2.75) is 20.0 Å². The molecule has 0 aliphatic carbocycles. The van der Waals surface area contributed by atoms with E-state index in [1.165, 1.54) is 0 Å². The van der Waals surface area contributed by atoms with Crippen molar-refractivity contribution in [1.82, 2.24) is 9.55 Å². The zero-order chi connectivity index (χ0) is 21.0. The number of pyridine rings is 1. The number of nitrogens with zero attached hydrogens (tertiary/aromatic N) is 1. The number of rotatable bonds is 3. The molecule has 4 aromatic rings. The van der Waals surface area contributed by atoms with E-state index in [0.717, 1.165) is 22.1 Å². The summed E-state index contributed by atoms with van der Waals surface area (Å²) in [5, 5.41) is 3.78. The highest BCUT2D eigenvalue weighted by molar-refractivity contribution is 6.04. The van der Waals surface area contributed by atoms with Gasteiger partial charge in [0.2, 0.25) is 0 Å². The number of anilines is 1. The summed E-state index contributed by atoms with van der Waals surface area (Å²) in [5.74, 6) is 1.09. The van der Waals surface area contributed by atoms with Gasteiger partial charge < -0.3 is 24.0 Å². The quantitative estimate of drug-likeness (QED) is 0.538. The summed E-state index contributed by atoms with van der Waals surface area (Å²) in [6, 6.07) is 9.37. The van der Waals surface area contributed by atoms with E-state index in [1.54, 1.807) is 30.3 Å². The molecule has 1 aliphatic rings. The third-order valence-electron chi connectivity index (χ3n) is 5.45. The molecule has 5 rings (SSSR count). The molecule has 30 heavy (non-hydrogen) atoms. The lowest BCUT2D eigenvalue weighted by Gasteiger charge is -2.30. The Morgan fingerprint density at radius 2 is 1.97 bits per heavy atom. The fourth-order valence-electron chi connectivity index (χ4n) is 3.94. The molecular weight excluding hydrogens is 382 g/mol. The van der Waals surface area contributed by atoms with Gasteiger partial charge in [0.15, 0.2) is 11.9 Å². The summed E-state index contributed by atoms with van der Waals surface area (Å²) < 4.78 is 13.4. The van der Waals surface area contributed by atoms with Crippen LogP contribution in [0.4, 0.5) is 5.69 Å². The van der Waals surface area contributed by atoms with Crippen molar-refractivity contribution < 1.29 is 13.9 Å². The van der Waals surface area contributed by atoms with Crippen LogP contribution in [-0.2, 0) is 11.8 Å². The molecule has 0 fully saturated rings. The zero-order valence-electron chi connectivity index (χ0n) is 16.9. The minimum Gasteiger partial charge on any atom is -0.477 e. The van der Waals surface area contributed by atoms with Crippen LogP contribution >= 0.6 is 0 Å². The van der Waals surface area contributed by atoms with E-state index in [4.69, 9.17) is 9.15 Å². The van der Waals surface area contributed by atoms with E-state index in [9.17, 15) is 9.59 Å². The lowest BCUT2D eigenvalue weighted by Crippen LogP contribution is -2.40. The van der Waals surface area contributed by atoms with Crippen LogP contribution in [0.15, 0.2) is 58.2 Å². The number of hydrogen-bond donors (Lipinski definition) is 2. The molecule has 1 aliphatic heterocycles. The van der Waals surface area contributed by atoms with Gasteiger partial charge in [-0.3, -0.25) is 9.59 Å². The van der Waals surface area contributed by atoms with Crippen LogP contribution in [0.5, 0.6) is 5.75 Å². The molecule has 0 saturated carbocycles. The van der Waals surface area contributed by atoms with E-state index in [-0.39, 0.29) is 17.4 Å². The predicted octanol–water partition coefficient (Wildman–Crippen LogP) is 4.15. The fraction of sp³-hybridized carbons (Fsp3) is 0.217. The second-order valence-corrected chi connectivity index (χ2v) is 7.87. The average Bonchev–Trinajstić information content (AvgIpc) is 3.41. The van der Waals surface area contributed by atoms with Gasteiger partial charge in [-0.2, -0.15) is 0 Å². The minimum atomic E-state index is -0.597. The highest BCUT2D eigenvalue weighted by atomic mass is 16.5. The van der Waals surface area contributed by atoms with Gasteiger partial charge in [0.05, 0.1) is 12.0 Å². The first-order valence-corrected chi connectivity index (χ1v) is 9.80. The van der Waals surface area contributed by atoms with Crippen molar-refractivity contribution in [3.8, 4) is 28.2 Å². The van der Waals surface area contributed by atoms with Crippen LogP contribution in [0.25, 0.3) is 33.4 Å². The van der Waals surface area contributed by atoms with Crippen LogP contribution in [0.2, 0.25) is 0 Å². The largest absolute Gasteiger partial charge is 0.477 e. The molecule has 0 radical (unpaired) electrons. The van der Waals surface area contributed by atoms with Crippen LogP contribution in [0.1, 0.15) is 13.8 Å². The second-order valence-electron chi connectivity index (χ2n) is 7.87. The lowest BCUT2D eigenvalue weighted by atomic mass is 9.96. The Morgan fingerprint density at radius 1 is 1.13 bits per heavy atom. The normalized spacial score (nSPS) is 15.9. The first-order chi connectivity index (χ1) is 14.4. The van der Waals surface area contributed by atoms with E-state index in [0.29, 0.717) is 22.7 Å². The van der Waals surface area contributed by atoms with Gasteiger partial charge in [0.1, 0.15) is 11.3 Å². The van der Waals surface area contributed by atoms with Crippen LogP contribution < -0.4 is 15.6 Å². The summed E-state index contributed by atoms with van der Waals surface area (Å²) in [5.41, 5.74) is 3.41. The number of benzene rings is 1. The van der Waals surface area contributed by atoms with Gasteiger partial charge >= 0.3 is 0 Å². The van der Waals surface area contributed by atoms with Gasteiger partial charge in [-0.25, -0.2) is 0 Å². The molecule has 4 heterocycles. The lowest BCUT2D eigenvalue weighted by molar-refractivity contribution is -0.125. The number of carbonyl (C=O) groups is 1. The number of H-pyrrole nitrogens is 1. The van der Waals surface area contributed by atoms with E-state index in [2.05, 4.69) is 10.3 Å². The predicted molar refractivity (Wildman–Crippen MR) is 115 cm³/mol. The molecule has 1 amide bonds. The number of ether oxygens (including phenoxy) is 1. The highest BCUT2D eigenvalue weighted by Gasteiger charge is 2.33. The summed E-state index contributed by atoms with van der Waals surface area (Å²) in [4.78, 5) is 28.2. The number of amides is 1. The first-order valence-electron chi connectivity index (χ1n) is 9.80. The molecular formula is C23H21N3O4. The summed E-state index contributed by atoms with van der Waals surface area (Å²) in [6.45, 7) is 3.89. The van der Waals surface area contributed by atoms with Gasteiger partial charge in [-0.15, -0.1) is 0 Å². The van der Waals surface area contributed by atoms with Crippen molar-refractivity contribution in [3.05, 3.63) is 59.3 Å². The van der Waals surface area contributed by atoms with Crippen molar-refractivity contribution in [1.29, 1.82) is 0 Å². The van der Waals surface area contributed by atoms with Crippen LogP contribution in [-0.4, -0.2) is 21.6 Å². The number of carbonyl (C=O) groups excluding carboxylic acids is 1. The van der Waals surface area contributed by atoms with Crippen molar-refractivity contribution >= 4 is 22.5 Å². The molecule has 7 nitrogen and oxygen atoms in total. The Labute approximate surface area is 172 Å². The SMILES string of the molecule is CC(C)C1Oc2c(cc(-c3ccco3)cc2-c2cn(C)c(=O)c3[nH]ccc23)NC1=O. The second kappa shape index (κ2) is 6.66. The molecule has 1 unspecified atom stereocenters. The fourth-order valence-corrected chi connectivity index (χ4v) is 3.94. The molecule has 7 heteroatoms. The maximum Gasteiger partial charge on any atom is 0.274 e. The summed E-state index contributed by atoms with van der Waals surface area (Å²) >= 11 is 0. The standard InChI is InChI=1S/C23H21N3O4/c1-12(2)20-22(27)25-17-10-13(18-5-4-8-29-18)9-15(21(17)30-20)16-11-26(3)23(28)19-14(16)6-7-24-19/h4-12,20,24H,1-3H3,(H,25,27). The molecule has 2 N–H and O–H groups in total. The Morgan fingerprint density at radius 3 is 2.70 bits per heavy atom. The molecule has 1 aromatic carbocycles. The van der Waals surface area contributed by atoms with Gasteiger partial charge in [-0.05, 0) is 36.2 Å². The number of hydrogen-bond acceptors (Lipinski definition) is 4. The minimum absolute atomic E-state index is 0.00292. The molecule has 0 saturated heterocycles. The summed E-state index contributed by atoms with van der Waals surface area (Å²) in [6.07, 6.45) is 4.55. The monoisotopic (exact) mass is 403 g/mol. The average molecular weight is 403 g/mol. The molecule has 152 valence electrons. The number of aromatic amines is 1. The van der Waals surface area contributed by atoms with Crippen molar-refractivity contribution in [2.75, 3.05) is 5.32 Å².